The number of halogens is 1. The minimum atomic E-state index is -0.475. The van der Waals surface area contributed by atoms with E-state index in [2.05, 4.69) is 37.9 Å². The summed E-state index contributed by atoms with van der Waals surface area (Å²) in [6.07, 6.45) is 4.17. The maximum Gasteiger partial charge on any atom is 0.329 e. The molecule has 0 amide bonds. The highest BCUT2D eigenvalue weighted by molar-refractivity contribution is 14.1. The number of aromatic amines is 1. The van der Waals surface area contributed by atoms with Gasteiger partial charge in [-0.15, -0.1) is 0 Å². The lowest BCUT2D eigenvalue weighted by Crippen LogP contribution is -2.43. The van der Waals surface area contributed by atoms with E-state index in [0.717, 1.165) is 34.8 Å². The number of rotatable bonds is 4. The highest BCUT2D eigenvalue weighted by atomic mass is 127. The second-order valence-electron chi connectivity index (χ2n) is 7.30. The number of aromatic nitrogens is 4. The van der Waals surface area contributed by atoms with E-state index in [4.69, 9.17) is 5.73 Å². The lowest BCUT2D eigenvalue weighted by atomic mass is 9.91. The molecule has 148 valence electrons. The van der Waals surface area contributed by atoms with E-state index in [1.165, 1.54) is 4.57 Å². The number of H-pyrrole nitrogens is 1. The first-order valence-electron chi connectivity index (χ1n) is 9.41. The summed E-state index contributed by atoms with van der Waals surface area (Å²) < 4.78 is 4.32. The summed E-state index contributed by atoms with van der Waals surface area (Å²) in [6.45, 7) is 0.473. The standard InChI is InChI=1S/C19H23IN6O2/c1-25-16-15(17(27)24-19(25)28)26(10-11-6-2-3-7-12(11)20)18(23-16)22-14-9-5-4-8-13(14)21/h2-3,6-7,13-14H,4-5,8-10,21H2,1H3,(H,22,23)(H,24,27,28)/t13-,14+/m1/s1. The molecule has 2 heterocycles. The van der Waals surface area contributed by atoms with Crippen molar-refractivity contribution in [2.75, 3.05) is 5.32 Å². The lowest BCUT2D eigenvalue weighted by Gasteiger charge is -2.29. The molecule has 1 aliphatic carbocycles. The quantitative estimate of drug-likeness (QED) is 0.479. The summed E-state index contributed by atoms with van der Waals surface area (Å²) in [5, 5.41) is 3.46. The second kappa shape index (κ2) is 7.70. The van der Waals surface area contributed by atoms with Crippen LogP contribution in [0.1, 0.15) is 31.2 Å². The van der Waals surface area contributed by atoms with Crippen LogP contribution in [0.4, 0.5) is 5.95 Å². The summed E-state index contributed by atoms with van der Waals surface area (Å²) >= 11 is 2.28. The minimum absolute atomic E-state index is 0.0426. The predicted octanol–water partition coefficient (Wildman–Crippen LogP) is 1.76. The van der Waals surface area contributed by atoms with Crippen LogP contribution >= 0.6 is 22.6 Å². The Kier molecular flexibility index (Phi) is 5.28. The highest BCUT2D eigenvalue weighted by Crippen LogP contribution is 2.24. The molecule has 4 N–H and O–H groups in total. The smallest absolute Gasteiger partial charge is 0.329 e. The number of fused-ring (bicyclic) bond motifs is 1. The van der Waals surface area contributed by atoms with Gasteiger partial charge in [-0.3, -0.25) is 18.9 Å². The van der Waals surface area contributed by atoms with E-state index < -0.39 is 11.2 Å². The molecule has 0 bridgehead atoms. The van der Waals surface area contributed by atoms with Crippen LogP contribution in [0.15, 0.2) is 33.9 Å². The molecular formula is C19H23IN6O2. The van der Waals surface area contributed by atoms with Crippen LogP contribution in [0.5, 0.6) is 0 Å². The number of benzene rings is 1. The minimum Gasteiger partial charge on any atom is -0.351 e. The Morgan fingerprint density at radius 3 is 2.79 bits per heavy atom. The summed E-state index contributed by atoms with van der Waals surface area (Å²) in [6, 6.07) is 8.14. The van der Waals surface area contributed by atoms with E-state index in [9.17, 15) is 9.59 Å². The molecule has 0 spiro atoms. The molecule has 0 aliphatic heterocycles. The molecular weight excluding hydrogens is 471 g/mol. The number of nitrogens with two attached hydrogens (primary N) is 1. The van der Waals surface area contributed by atoms with E-state index in [-0.39, 0.29) is 12.1 Å². The zero-order valence-corrected chi connectivity index (χ0v) is 17.8. The van der Waals surface area contributed by atoms with Gasteiger partial charge in [-0.25, -0.2) is 4.79 Å². The van der Waals surface area contributed by atoms with Gasteiger partial charge in [0.1, 0.15) is 0 Å². The molecule has 2 aromatic heterocycles. The van der Waals surface area contributed by atoms with Crippen LogP contribution in [0, 0.1) is 3.57 Å². The molecule has 3 aromatic rings. The third-order valence-electron chi connectivity index (χ3n) is 5.43. The topological polar surface area (TPSA) is 111 Å². The van der Waals surface area contributed by atoms with Crippen molar-refractivity contribution in [1.82, 2.24) is 19.1 Å². The fraction of sp³-hybridized carbons (Fsp3) is 0.421. The molecule has 1 saturated carbocycles. The van der Waals surface area contributed by atoms with Gasteiger partial charge in [0.2, 0.25) is 5.95 Å². The number of nitrogens with one attached hydrogen (secondary N) is 2. The Balaban J connectivity index is 1.86. The van der Waals surface area contributed by atoms with Crippen LogP contribution in [0.2, 0.25) is 0 Å². The lowest BCUT2D eigenvalue weighted by molar-refractivity contribution is 0.401. The van der Waals surface area contributed by atoms with Crippen LogP contribution in [0.25, 0.3) is 11.2 Å². The van der Waals surface area contributed by atoms with Crippen molar-refractivity contribution in [2.45, 2.75) is 44.3 Å². The number of nitrogens with zero attached hydrogens (tertiary/aromatic N) is 3. The highest BCUT2D eigenvalue weighted by Gasteiger charge is 2.25. The normalized spacial score (nSPS) is 19.8. The van der Waals surface area contributed by atoms with E-state index in [1.54, 1.807) is 7.05 Å². The molecule has 0 unspecified atom stereocenters. The van der Waals surface area contributed by atoms with Gasteiger partial charge in [-0.1, -0.05) is 31.0 Å². The second-order valence-corrected chi connectivity index (χ2v) is 8.46. The van der Waals surface area contributed by atoms with E-state index >= 15 is 0 Å². The Hall–Kier alpha value is -2.14. The Morgan fingerprint density at radius 1 is 1.29 bits per heavy atom. The van der Waals surface area contributed by atoms with Crippen LogP contribution in [-0.2, 0) is 13.6 Å². The first-order valence-corrected chi connectivity index (χ1v) is 10.5. The molecule has 1 fully saturated rings. The number of hydrogen-bond donors (Lipinski definition) is 3. The van der Waals surface area contributed by atoms with Gasteiger partial charge in [-0.05, 0) is 47.1 Å². The Labute approximate surface area is 175 Å². The molecule has 28 heavy (non-hydrogen) atoms. The van der Waals surface area contributed by atoms with Crippen LogP contribution in [-0.4, -0.2) is 31.2 Å². The summed E-state index contributed by atoms with van der Waals surface area (Å²) in [5.74, 6) is 0.573. The van der Waals surface area contributed by atoms with Crippen molar-refractivity contribution in [3.8, 4) is 0 Å². The summed E-state index contributed by atoms with van der Waals surface area (Å²) in [7, 11) is 1.61. The molecule has 2 atom stereocenters. The summed E-state index contributed by atoms with van der Waals surface area (Å²) in [4.78, 5) is 31.7. The monoisotopic (exact) mass is 494 g/mol. The van der Waals surface area contributed by atoms with Crippen LogP contribution < -0.4 is 22.3 Å². The van der Waals surface area contributed by atoms with Gasteiger partial charge in [0, 0.05) is 22.7 Å². The Bertz CT molecular complexity index is 1130. The van der Waals surface area contributed by atoms with Crippen molar-refractivity contribution in [3.05, 3.63) is 54.2 Å². The van der Waals surface area contributed by atoms with Crippen molar-refractivity contribution < 1.29 is 0 Å². The largest absolute Gasteiger partial charge is 0.351 e. The average Bonchev–Trinajstić information content (AvgIpc) is 3.02. The number of hydrogen-bond acceptors (Lipinski definition) is 5. The number of anilines is 1. The maximum atomic E-state index is 12.6. The fourth-order valence-corrected chi connectivity index (χ4v) is 4.36. The van der Waals surface area contributed by atoms with Gasteiger partial charge < -0.3 is 11.1 Å². The van der Waals surface area contributed by atoms with Crippen molar-refractivity contribution in [2.24, 2.45) is 12.8 Å². The third kappa shape index (κ3) is 3.48. The van der Waals surface area contributed by atoms with Gasteiger partial charge in [0.05, 0.1) is 6.54 Å². The maximum absolute atomic E-state index is 12.6. The first kappa shape index (κ1) is 19.2. The van der Waals surface area contributed by atoms with E-state index in [1.807, 2.05) is 28.8 Å². The van der Waals surface area contributed by atoms with Gasteiger partial charge in [0.25, 0.3) is 5.56 Å². The van der Waals surface area contributed by atoms with Crippen molar-refractivity contribution >= 4 is 39.7 Å². The number of imidazole rings is 1. The number of aryl methyl sites for hydroxylation is 1. The van der Waals surface area contributed by atoms with Crippen LogP contribution in [0.3, 0.4) is 0 Å². The predicted molar refractivity (Wildman–Crippen MR) is 118 cm³/mol. The average molecular weight is 494 g/mol. The van der Waals surface area contributed by atoms with Crippen molar-refractivity contribution in [3.63, 3.8) is 0 Å². The van der Waals surface area contributed by atoms with Gasteiger partial charge in [-0.2, -0.15) is 4.98 Å². The molecule has 8 nitrogen and oxygen atoms in total. The molecule has 0 saturated heterocycles. The van der Waals surface area contributed by atoms with Gasteiger partial charge in [0.15, 0.2) is 11.2 Å². The molecule has 1 aromatic carbocycles. The molecule has 0 radical (unpaired) electrons. The molecule has 9 heteroatoms. The summed E-state index contributed by atoms with van der Waals surface area (Å²) in [5.41, 5.74) is 7.23. The fourth-order valence-electron chi connectivity index (χ4n) is 3.80. The first-order chi connectivity index (χ1) is 13.5. The zero-order chi connectivity index (χ0) is 19.8. The van der Waals surface area contributed by atoms with E-state index in [0.29, 0.717) is 23.7 Å². The third-order valence-corrected chi connectivity index (χ3v) is 6.48. The SMILES string of the molecule is Cn1c(=O)[nH]c(=O)c2c1nc(N[C@H]1CCCC[C@H]1N)n2Cc1ccccc1I. The Morgan fingerprint density at radius 2 is 2.04 bits per heavy atom. The van der Waals surface area contributed by atoms with Gasteiger partial charge >= 0.3 is 5.69 Å². The molecule has 4 rings (SSSR count). The zero-order valence-electron chi connectivity index (χ0n) is 15.6. The molecule has 1 aliphatic rings. The van der Waals surface area contributed by atoms with Crippen molar-refractivity contribution in [1.29, 1.82) is 0 Å².